The molecule has 0 aromatic carbocycles. The summed E-state index contributed by atoms with van der Waals surface area (Å²) in [5, 5.41) is 3.43. The minimum Gasteiger partial charge on any atom is -0.469 e. The minimum absolute atomic E-state index is 0.314. The molecule has 0 bridgehead atoms. The van der Waals surface area contributed by atoms with Gasteiger partial charge in [-0.2, -0.15) is 0 Å². The van der Waals surface area contributed by atoms with Crippen LogP contribution in [-0.4, -0.2) is 11.5 Å². The quantitative estimate of drug-likeness (QED) is 0.845. The Morgan fingerprint density at radius 2 is 2.53 bits per heavy atom. The van der Waals surface area contributed by atoms with Crippen molar-refractivity contribution in [2.75, 3.05) is 6.54 Å². The SMILES string of the molecule is CCNC(Cc1ccco1)c1cncs1. The molecule has 2 heterocycles. The summed E-state index contributed by atoms with van der Waals surface area (Å²) < 4.78 is 5.35. The fraction of sp³-hybridized carbons (Fsp3) is 0.364. The van der Waals surface area contributed by atoms with Gasteiger partial charge in [-0.25, -0.2) is 0 Å². The Morgan fingerprint density at radius 1 is 1.60 bits per heavy atom. The summed E-state index contributed by atoms with van der Waals surface area (Å²) in [7, 11) is 0. The maximum Gasteiger partial charge on any atom is 0.105 e. The van der Waals surface area contributed by atoms with Crippen molar-refractivity contribution in [3.8, 4) is 0 Å². The number of rotatable bonds is 5. The van der Waals surface area contributed by atoms with Gasteiger partial charge in [-0.3, -0.25) is 4.98 Å². The highest BCUT2D eigenvalue weighted by Crippen LogP contribution is 2.21. The largest absolute Gasteiger partial charge is 0.469 e. The van der Waals surface area contributed by atoms with Crippen LogP contribution in [-0.2, 0) is 6.42 Å². The third kappa shape index (κ3) is 2.67. The van der Waals surface area contributed by atoms with E-state index in [1.807, 2.05) is 23.8 Å². The molecule has 0 aliphatic carbocycles. The van der Waals surface area contributed by atoms with Gasteiger partial charge in [0.05, 0.1) is 17.8 Å². The van der Waals surface area contributed by atoms with E-state index in [-0.39, 0.29) is 0 Å². The van der Waals surface area contributed by atoms with E-state index >= 15 is 0 Å². The lowest BCUT2D eigenvalue weighted by Crippen LogP contribution is -2.21. The summed E-state index contributed by atoms with van der Waals surface area (Å²) >= 11 is 1.68. The summed E-state index contributed by atoms with van der Waals surface area (Å²) in [6.07, 6.45) is 4.51. The average molecular weight is 222 g/mol. The number of hydrogen-bond donors (Lipinski definition) is 1. The van der Waals surface area contributed by atoms with Crippen LogP contribution in [0.15, 0.2) is 34.5 Å². The second kappa shape index (κ2) is 5.09. The summed E-state index contributed by atoms with van der Waals surface area (Å²) in [5.41, 5.74) is 1.86. The van der Waals surface area contributed by atoms with Crippen LogP contribution in [0.2, 0.25) is 0 Å². The zero-order chi connectivity index (χ0) is 10.5. The smallest absolute Gasteiger partial charge is 0.105 e. The molecule has 0 saturated heterocycles. The van der Waals surface area contributed by atoms with Crippen molar-refractivity contribution < 1.29 is 4.42 Å². The number of likely N-dealkylation sites (N-methyl/N-ethyl adjacent to an activating group) is 1. The topological polar surface area (TPSA) is 38.1 Å². The molecular formula is C11H14N2OS. The highest BCUT2D eigenvalue weighted by Gasteiger charge is 2.13. The third-order valence-corrected chi connectivity index (χ3v) is 3.12. The van der Waals surface area contributed by atoms with Crippen molar-refractivity contribution in [2.45, 2.75) is 19.4 Å². The van der Waals surface area contributed by atoms with Gasteiger partial charge in [0.25, 0.3) is 0 Å². The Labute approximate surface area is 93.2 Å². The number of furan rings is 1. The van der Waals surface area contributed by atoms with Gasteiger partial charge in [-0.1, -0.05) is 6.92 Å². The molecule has 0 radical (unpaired) electrons. The molecule has 2 rings (SSSR count). The summed E-state index contributed by atoms with van der Waals surface area (Å²) in [4.78, 5) is 5.36. The number of nitrogens with zero attached hydrogens (tertiary/aromatic N) is 1. The third-order valence-electron chi connectivity index (χ3n) is 2.23. The van der Waals surface area contributed by atoms with Crippen molar-refractivity contribution >= 4 is 11.3 Å². The molecule has 3 nitrogen and oxygen atoms in total. The fourth-order valence-corrected chi connectivity index (χ4v) is 2.24. The van der Waals surface area contributed by atoms with Gasteiger partial charge in [0, 0.05) is 17.5 Å². The van der Waals surface area contributed by atoms with Crippen LogP contribution in [0.4, 0.5) is 0 Å². The van der Waals surface area contributed by atoms with Crippen LogP contribution in [0.25, 0.3) is 0 Å². The predicted molar refractivity (Wildman–Crippen MR) is 60.9 cm³/mol. The van der Waals surface area contributed by atoms with E-state index in [9.17, 15) is 0 Å². The van der Waals surface area contributed by atoms with Gasteiger partial charge in [0.15, 0.2) is 0 Å². The Kier molecular flexibility index (Phi) is 3.53. The minimum atomic E-state index is 0.314. The molecule has 0 aliphatic heterocycles. The van der Waals surface area contributed by atoms with Gasteiger partial charge in [0.1, 0.15) is 5.76 Å². The molecule has 4 heteroatoms. The zero-order valence-electron chi connectivity index (χ0n) is 8.64. The number of hydrogen-bond acceptors (Lipinski definition) is 4. The van der Waals surface area contributed by atoms with E-state index in [4.69, 9.17) is 4.42 Å². The van der Waals surface area contributed by atoms with Crippen LogP contribution in [0, 0.1) is 0 Å². The molecule has 0 fully saturated rings. The Hall–Kier alpha value is -1.13. The highest BCUT2D eigenvalue weighted by molar-refractivity contribution is 7.09. The molecular weight excluding hydrogens is 208 g/mol. The predicted octanol–water partition coefficient (Wildman–Crippen LogP) is 2.63. The molecule has 1 atom stereocenters. The Balaban J connectivity index is 2.07. The van der Waals surface area contributed by atoms with Crippen molar-refractivity contribution in [1.82, 2.24) is 10.3 Å². The van der Waals surface area contributed by atoms with E-state index < -0.39 is 0 Å². The Morgan fingerprint density at radius 3 is 3.13 bits per heavy atom. The summed E-state index contributed by atoms with van der Waals surface area (Å²) in [5.74, 6) is 1.01. The van der Waals surface area contributed by atoms with E-state index in [2.05, 4.69) is 17.2 Å². The van der Waals surface area contributed by atoms with Crippen molar-refractivity contribution in [2.24, 2.45) is 0 Å². The first-order chi connectivity index (χ1) is 7.40. The standard InChI is InChI=1S/C11H14N2OS/c1-2-13-10(11-7-12-8-15-11)6-9-4-3-5-14-9/h3-5,7-8,10,13H,2,6H2,1H3. The van der Waals surface area contributed by atoms with Crippen molar-refractivity contribution in [1.29, 1.82) is 0 Å². The molecule has 1 unspecified atom stereocenters. The second-order valence-corrected chi connectivity index (χ2v) is 4.22. The second-order valence-electron chi connectivity index (χ2n) is 3.30. The maximum absolute atomic E-state index is 5.35. The highest BCUT2D eigenvalue weighted by atomic mass is 32.1. The molecule has 0 amide bonds. The first-order valence-electron chi connectivity index (χ1n) is 5.04. The molecule has 0 aliphatic rings. The fourth-order valence-electron chi connectivity index (χ4n) is 1.55. The number of aromatic nitrogens is 1. The van der Waals surface area contributed by atoms with Crippen LogP contribution in [0.3, 0.4) is 0 Å². The molecule has 1 N–H and O–H groups in total. The van der Waals surface area contributed by atoms with Crippen molar-refractivity contribution in [3.05, 3.63) is 40.7 Å². The summed E-state index contributed by atoms with van der Waals surface area (Å²) in [6, 6.07) is 4.24. The van der Waals surface area contributed by atoms with Crippen LogP contribution < -0.4 is 5.32 Å². The van der Waals surface area contributed by atoms with Gasteiger partial charge in [-0.15, -0.1) is 11.3 Å². The lowest BCUT2D eigenvalue weighted by atomic mass is 10.1. The average Bonchev–Trinajstić information content (AvgIpc) is 2.89. The van der Waals surface area contributed by atoms with E-state index in [1.165, 1.54) is 4.88 Å². The van der Waals surface area contributed by atoms with E-state index in [0.29, 0.717) is 6.04 Å². The first kappa shape index (κ1) is 10.4. The molecule has 2 aromatic rings. The molecule has 2 aromatic heterocycles. The first-order valence-corrected chi connectivity index (χ1v) is 5.92. The molecule has 15 heavy (non-hydrogen) atoms. The summed E-state index contributed by atoms with van der Waals surface area (Å²) in [6.45, 7) is 3.06. The monoisotopic (exact) mass is 222 g/mol. The Bertz CT molecular complexity index is 369. The van der Waals surface area contributed by atoms with Gasteiger partial charge >= 0.3 is 0 Å². The van der Waals surface area contributed by atoms with Gasteiger partial charge in [-0.05, 0) is 18.7 Å². The maximum atomic E-state index is 5.35. The molecule has 0 saturated carbocycles. The van der Waals surface area contributed by atoms with E-state index in [0.717, 1.165) is 18.7 Å². The lowest BCUT2D eigenvalue weighted by Gasteiger charge is -2.14. The van der Waals surface area contributed by atoms with Crippen LogP contribution in [0.1, 0.15) is 23.6 Å². The van der Waals surface area contributed by atoms with E-state index in [1.54, 1.807) is 17.6 Å². The van der Waals surface area contributed by atoms with Gasteiger partial charge in [0.2, 0.25) is 0 Å². The van der Waals surface area contributed by atoms with Crippen LogP contribution in [0.5, 0.6) is 0 Å². The lowest BCUT2D eigenvalue weighted by molar-refractivity contribution is 0.458. The molecule has 0 spiro atoms. The molecule has 80 valence electrons. The van der Waals surface area contributed by atoms with Gasteiger partial charge < -0.3 is 9.73 Å². The zero-order valence-corrected chi connectivity index (χ0v) is 9.46. The number of nitrogens with one attached hydrogen (secondary N) is 1. The number of thiazole rings is 1. The normalized spacial score (nSPS) is 12.9. The van der Waals surface area contributed by atoms with Crippen LogP contribution >= 0.6 is 11.3 Å². The van der Waals surface area contributed by atoms with Crippen molar-refractivity contribution in [3.63, 3.8) is 0 Å².